The van der Waals surface area contributed by atoms with E-state index in [1.165, 1.54) is 48.9 Å². The number of hydrogen-bond acceptors (Lipinski definition) is 2. The normalized spacial score (nSPS) is 27.8. The van der Waals surface area contributed by atoms with Gasteiger partial charge in [0.15, 0.2) is 0 Å². The molecule has 4 rings (SSSR count). The Balaban J connectivity index is 1.76. The highest BCUT2D eigenvalue weighted by atomic mass is 15.4. The molecule has 1 saturated carbocycles. The van der Waals surface area contributed by atoms with Gasteiger partial charge in [0.2, 0.25) is 0 Å². The molecule has 26 heavy (non-hydrogen) atoms. The van der Waals surface area contributed by atoms with E-state index < -0.39 is 0 Å². The first kappa shape index (κ1) is 17.6. The van der Waals surface area contributed by atoms with Crippen molar-refractivity contribution in [2.45, 2.75) is 64.2 Å². The summed E-state index contributed by atoms with van der Waals surface area (Å²) in [4.78, 5) is 5.41. The molecule has 1 heterocycles. The Kier molecular flexibility index (Phi) is 5.04. The quantitative estimate of drug-likeness (QED) is 0.693. The van der Waals surface area contributed by atoms with Crippen molar-refractivity contribution in [3.05, 3.63) is 65.7 Å². The van der Waals surface area contributed by atoms with E-state index in [2.05, 4.69) is 85.3 Å². The third kappa shape index (κ3) is 3.05. The molecule has 2 aromatic rings. The lowest BCUT2D eigenvalue weighted by Gasteiger charge is -2.39. The molecule has 138 valence electrons. The molecule has 2 heteroatoms. The highest BCUT2D eigenvalue weighted by Crippen LogP contribution is 2.45. The Morgan fingerprint density at radius 1 is 0.846 bits per heavy atom. The van der Waals surface area contributed by atoms with E-state index in [1.807, 2.05) is 0 Å². The van der Waals surface area contributed by atoms with Crippen LogP contribution in [-0.4, -0.2) is 24.2 Å². The zero-order valence-corrected chi connectivity index (χ0v) is 16.4. The van der Waals surface area contributed by atoms with Crippen molar-refractivity contribution in [1.82, 2.24) is 4.90 Å². The first-order chi connectivity index (χ1) is 12.7. The van der Waals surface area contributed by atoms with Crippen molar-refractivity contribution in [3.63, 3.8) is 0 Å². The highest BCUT2D eigenvalue weighted by Gasteiger charge is 2.47. The summed E-state index contributed by atoms with van der Waals surface area (Å²) in [6.07, 6.45) is 7.42. The Morgan fingerprint density at radius 2 is 1.50 bits per heavy atom. The lowest BCUT2D eigenvalue weighted by molar-refractivity contribution is 0.154. The summed E-state index contributed by atoms with van der Waals surface area (Å²) in [5, 5.41) is 0. The topological polar surface area (TPSA) is 6.48 Å². The van der Waals surface area contributed by atoms with Gasteiger partial charge in [-0.05, 0) is 56.8 Å². The van der Waals surface area contributed by atoms with Gasteiger partial charge in [0, 0.05) is 11.7 Å². The minimum atomic E-state index is 0.447. The summed E-state index contributed by atoms with van der Waals surface area (Å²) in [5.41, 5.74) is 4.25. The molecular formula is C24H32N2. The van der Waals surface area contributed by atoms with Crippen molar-refractivity contribution < 1.29 is 0 Å². The van der Waals surface area contributed by atoms with Crippen LogP contribution in [0.2, 0.25) is 0 Å². The fourth-order valence-corrected chi connectivity index (χ4v) is 5.46. The van der Waals surface area contributed by atoms with Crippen LogP contribution in [-0.2, 0) is 0 Å². The minimum absolute atomic E-state index is 0.447. The molecule has 0 spiro atoms. The standard InChI is InChI=1S/C24H32N2/c1-18-12-10-11-17-22(18)26-19(2)23(20-13-6-4-7-14-20)25(3)24(26)21-15-8-5-9-16-21/h4,6-7,10-14,17,19,21,23-24H,5,8-9,15-16H2,1-3H3/t19-,23?,24?/m0/s1. The molecular weight excluding hydrogens is 316 g/mol. The highest BCUT2D eigenvalue weighted by molar-refractivity contribution is 5.56. The molecule has 1 aliphatic heterocycles. The molecule has 0 N–H and O–H groups in total. The number of para-hydroxylation sites is 1. The van der Waals surface area contributed by atoms with Gasteiger partial charge in [-0.2, -0.15) is 0 Å². The van der Waals surface area contributed by atoms with Crippen LogP contribution in [0.3, 0.4) is 0 Å². The van der Waals surface area contributed by atoms with E-state index in [-0.39, 0.29) is 0 Å². The Labute approximate surface area is 158 Å². The van der Waals surface area contributed by atoms with Crippen LogP contribution in [0.4, 0.5) is 5.69 Å². The van der Waals surface area contributed by atoms with Crippen molar-refractivity contribution in [1.29, 1.82) is 0 Å². The van der Waals surface area contributed by atoms with E-state index >= 15 is 0 Å². The predicted octanol–water partition coefficient (Wildman–Crippen LogP) is 5.78. The number of hydrogen-bond donors (Lipinski definition) is 0. The van der Waals surface area contributed by atoms with Gasteiger partial charge in [0.25, 0.3) is 0 Å². The summed E-state index contributed by atoms with van der Waals surface area (Å²) in [7, 11) is 2.35. The maximum atomic E-state index is 2.74. The van der Waals surface area contributed by atoms with Crippen LogP contribution in [0, 0.1) is 12.8 Å². The molecule has 0 amide bonds. The first-order valence-electron chi connectivity index (χ1n) is 10.3. The van der Waals surface area contributed by atoms with Crippen molar-refractivity contribution >= 4 is 5.69 Å². The molecule has 0 aromatic heterocycles. The van der Waals surface area contributed by atoms with E-state index in [0.29, 0.717) is 18.2 Å². The van der Waals surface area contributed by atoms with Gasteiger partial charge in [-0.25, -0.2) is 0 Å². The average Bonchev–Trinajstić information content (AvgIpc) is 2.94. The van der Waals surface area contributed by atoms with Gasteiger partial charge < -0.3 is 4.90 Å². The summed E-state index contributed by atoms with van der Waals surface area (Å²) in [5.74, 6) is 0.768. The molecule has 3 atom stereocenters. The van der Waals surface area contributed by atoms with Crippen molar-refractivity contribution in [2.24, 2.45) is 5.92 Å². The second-order valence-corrected chi connectivity index (χ2v) is 8.27. The van der Waals surface area contributed by atoms with Crippen molar-refractivity contribution in [2.75, 3.05) is 11.9 Å². The Hall–Kier alpha value is -1.80. The summed E-state index contributed by atoms with van der Waals surface area (Å²) in [6, 6.07) is 21.0. The lowest BCUT2D eigenvalue weighted by atomic mass is 9.86. The van der Waals surface area contributed by atoms with Gasteiger partial charge in [-0.1, -0.05) is 67.8 Å². The first-order valence-corrected chi connectivity index (χ1v) is 10.3. The lowest BCUT2D eigenvalue weighted by Crippen LogP contribution is -2.45. The SMILES string of the molecule is Cc1ccccc1N1C(C2CCCCC2)N(C)C(c2ccccc2)[C@@H]1C. The number of rotatable bonds is 3. The van der Waals surface area contributed by atoms with E-state index in [9.17, 15) is 0 Å². The summed E-state index contributed by atoms with van der Waals surface area (Å²) in [6.45, 7) is 4.68. The predicted molar refractivity (Wildman–Crippen MR) is 110 cm³/mol. The zero-order valence-electron chi connectivity index (χ0n) is 16.4. The maximum Gasteiger partial charge on any atom is 0.0856 e. The molecule has 0 radical (unpaired) electrons. The molecule has 2 unspecified atom stereocenters. The largest absolute Gasteiger partial charge is 0.351 e. The van der Waals surface area contributed by atoms with Gasteiger partial charge in [0.1, 0.15) is 0 Å². The van der Waals surface area contributed by atoms with Gasteiger partial charge in [-0.3, -0.25) is 4.90 Å². The fraction of sp³-hybridized carbons (Fsp3) is 0.500. The van der Waals surface area contributed by atoms with Crippen LogP contribution in [0.25, 0.3) is 0 Å². The van der Waals surface area contributed by atoms with Crippen molar-refractivity contribution in [3.8, 4) is 0 Å². The summed E-state index contributed by atoms with van der Waals surface area (Å²) < 4.78 is 0. The van der Waals surface area contributed by atoms with E-state index in [0.717, 1.165) is 5.92 Å². The minimum Gasteiger partial charge on any atom is -0.351 e. The van der Waals surface area contributed by atoms with Crippen LogP contribution >= 0.6 is 0 Å². The van der Waals surface area contributed by atoms with Gasteiger partial charge in [0.05, 0.1) is 12.2 Å². The maximum absolute atomic E-state index is 2.74. The second kappa shape index (κ2) is 7.44. The monoisotopic (exact) mass is 348 g/mol. The number of aryl methyl sites for hydroxylation is 1. The second-order valence-electron chi connectivity index (χ2n) is 8.27. The molecule has 2 aliphatic rings. The molecule has 1 aliphatic carbocycles. The molecule has 2 aromatic carbocycles. The number of likely N-dealkylation sites (N-methyl/N-ethyl adjacent to an activating group) is 1. The number of anilines is 1. The zero-order chi connectivity index (χ0) is 18.1. The fourth-order valence-electron chi connectivity index (χ4n) is 5.46. The van der Waals surface area contributed by atoms with Gasteiger partial charge >= 0.3 is 0 Å². The third-order valence-electron chi connectivity index (χ3n) is 6.64. The average molecular weight is 349 g/mol. The molecule has 1 saturated heterocycles. The molecule has 2 fully saturated rings. The van der Waals surface area contributed by atoms with Gasteiger partial charge in [-0.15, -0.1) is 0 Å². The number of benzene rings is 2. The molecule has 2 nitrogen and oxygen atoms in total. The van der Waals surface area contributed by atoms with E-state index in [1.54, 1.807) is 0 Å². The number of nitrogens with zero attached hydrogens (tertiary/aromatic N) is 2. The third-order valence-corrected chi connectivity index (χ3v) is 6.64. The molecule has 0 bridgehead atoms. The van der Waals surface area contributed by atoms with Crippen LogP contribution < -0.4 is 4.90 Å². The van der Waals surface area contributed by atoms with E-state index in [4.69, 9.17) is 0 Å². The smallest absolute Gasteiger partial charge is 0.0856 e. The Bertz CT molecular complexity index is 720. The van der Waals surface area contributed by atoms with Crippen LogP contribution in [0.15, 0.2) is 54.6 Å². The summed E-state index contributed by atoms with van der Waals surface area (Å²) >= 11 is 0. The Morgan fingerprint density at radius 3 is 2.19 bits per heavy atom. The van der Waals surface area contributed by atoms with Crippen LogP contribution in [0.1, 0.15) is 56.2 Å². The van der Waals surface area contributed by atoms with Crippen LogP contribution in [0.5, 0.6) is 0 Å².